The molecule has 7 heteroatoms. The van der Waals surface area contributed by atoms with E-state index in [1.807, 2.05) is 13.8 Å². The van der Waals surface area contributed by atoms with Crippen LogP contribution in [0.15, 0.2) is 29.4 Å². The van der Waals surface area contributed by atoms with Crippen LogP contribution in [0.1, 0.15) is 50.2 Å². The second-order valence-corrected chi connectivity index (χ2v) is 6.59. The molecule has 0 fully saturated rings. The van der Waals surface area contributed by atoms with Crippen molar-refractivity contribution in [3.63, 3.8) is 0 Å². The van der Waals surface area contributed by atoms with Gasteiger partial charge in [0.2, 0.25) is 0 Å². The predicted molar refractivity (Wildman–Crippen MR) is 107 cm³/mol. The number of aromatic hydroxyl groups is 1. The molecule has 2 aromatic rings. The molecule has 0 heterocycles. The standard InChI is InChI=1S/C12H16N2O3.C9H10O2/c1-7-5-9(12(13)14-17)6-8(2)10(7)3-4-11(15)16;1-6-3-8(5-10)4-7(2)9(6)11/h5-6,17H,3-4H2,1-2H3,(H2,13,14)(H,15,16);3-5,11H,1-2H3. The Morgan fingerprint density at radius 3 is 1.93 bits per heavy atom. The average molecular weight is 386 g/mol. The molecule has 0 bridgehead atoms. The van der Waals surface area contributed by atoms with Crippen molar-refractivity contribution < 1.29 is 25.0 Å². The molecule has 0 aliphatic rings. The number of hydrogen-bond donors (Lipinski definition) is 4. The van der Waals surface area contributed by atoms with Crippen LogP contribution in [0.2, 0.25) is 0 Å². The third-order valence-corrected chi connectivity index (χ3v) is 4.34. The number of phenolic OH excluding ortho intramolecular Hbond substituents is 1. The number of benzene rings is 2. The zero-order valence-corrected chi connectivity index (χ0v) is 16.5. The van der Waals surface area contributed by atoms with E-state index in [1.54, 1.807) is 38.1 Å². The van der Waals surface area contributed by atoms with Crippen molar-refractivity contribution in [2.45, 2.75) is 40.5 Å². The van der Waals surface area contributed by atoms with E-state index < -0.39 is 5.97 Å². The Morgan fingerprint density at radius 2 is 1.54 bits per heavy atom. The van der Waals surface area contributed by atoms with Crippen LogP contribution in [0.25, 0.3) is 0 Å². The smallest absolute Gasteiger partial charge is 0.303 e. The highest BCUT2D eigenvalue weighted by Gasteiger charge is 2.09. The Hall–Kier alpha value is -3.35. The average Bonchev–Trinajstić information content (AvgIpc) is 2.64. The number of hydrogen-bond acceptors (Lipinski definition) is 5. The molecule has 28 heavy (non-hydrogen) atoms. The third kappa shape index (κ3) is 6.12. The number of carboxylic acids is 1. The summed E-state index contributed by atoms with van der Waals surface area (Å²) in [5, 5.41) is 29.5. The number of amidine groups is 1. The van der Waals surface area contributed by atoms with Crippen molar-refractivity contribution in [2.75, 3.05) is 0 Å². The van der Waals surface area contributed by atoms with E-state index in [0.717, 1.165) is 34.1 Å². The van der Waals surface area contributed by atoms with Crippen molar-refractivity contribution >= 4 is 18.1 Å². The van der Waals surface area contributed by atoms with E-state index in [9.17, 15) is 14.7 Å². The van der Waals surface area contributed by atoms with Gasteiger partial charge in [-0.15, -0.1) is 0 Å². The molecular formula is C21H26N2O5. The van der Waals surface area contributed by atoms with Crippen LogP contribution in [0.3, 0.4) is 0 Å². The Labute approximate surface area is 164 Å². The highest BCUT2D eigenvalue weighted by molar-refractivity contribution is 5.97. The predicted octanol–water partition coefficient (Wildman–Crippen LogP) is 3.24. The molecule has 0 aliphatic heterocycles. The number of aldehydes is 1. The number of aliphatic carboxylic acids is 1. The second-order valence-electron chi connectivity index (χ2n) is 6.59. The highest BCUT2D eigenvalue weighted by Crippen LogP contribution is 2.22. The zero-order chi connectivity index (χ0) is 21.4. The van der Waals surface area contributed by atoms with Crippen LogP contribution in [-0.4, -0.2) is 33.5 Å². The minimum atomic E-state index is -0.815. The molecule has 0 saturated carbocycles. The largest absolute Gasteiger partial charge is 0.507 e. The van der Waals surface area contributed by atoms with E-state index in [0.29, 0.717) is 17.5 Å². The van der Waals surface area contributed by atoms with Gasteiger partial charge in [0.15, 0.2) is 5.84 Å². The van der Waals surface area contributed by atoms with Crippen LogP contribution >= 0.6 is 0 Å². The fourth-order valence-electron chi connectivity index (χ4n) is 2.88. The Balaban J connectivity index is 0.000000307. The zero-order valence-electron chi connectivity index (χ0n) is 16.5. The molecule has 2 aromatic carbocycles. The summed E-state index contributed by atoms with van der Waals surface area (Å²) in [5.74, 6) is -0.485. The molecule has 5 N–H and O–H groups in total. The second kappa shape index (κ2) is 10.1. The molecule has 0 aliphatic carbocycles. The maximum absolute atomic E-state index is 10.5. The molecule has 150 valence electrons. The monoisotopic (exact) mass is 386 g/mol. The lowest BCUT2D eigenvalue weighted by Crippen LogP contribution is -2.14. The van der Waals surface area contributed by atoms with Crippen molar-refractivity contribution in [1.29, 1.82) is 0 Å². The first-order chi connectivity index (χ1) is 13.1. The van der Waals surface area contributed by atoms with Crippen LogP contribution in [-0.2, 0) is 11.2 Å². The number of phenols is 1. The van der Waals surface area contributed by atoms with Gasteiger partial charge in [0.1, 0.15) is 12.0 Å². The Morgan fingerprint density at radius 1 is 1.04 bits per heavy atom. The van der Waals surface area contributed by atoms with Crippen LogP contribution in [0.5, 0.6) is 5.75 Å². The summed E-state index contributed by atoms with van der Waals surface area (Å²) in [7, 11) is 0. The molecule has 0 saturated heterocycles. The number of nitrogens with zero attached hydrogens (tertiary/aromatic N) is 1. The lowest BCUT2D eigenvalue weighted by atomic mass is 9.95. The molecule has 7 nitrogen and oxygen atoms in total. The quantitative estimate of drug-likeness (QED) is 0.205. The molecule has 0 aromatic heterocycles. The topological polar surface area (TPSA) is 133 Å². The van der Waals surface area contributed by atoms with Crippen molar-refractivity contribution in [3.8, 4) is 5.75 Å². The Kier molecular flexibility index (Phi) is 8.19. The van der Waals surface area contributed by atoms with Gasteiger partial charge in [0, 0.05) is 17.5 Å². The van der Waals surface area contributed by atoms with Crippen LogP contribution in [0.4, 0.5) is 0 Å². The summed E-state index contributed by atoms with van der Waals surface area (Å²) in [6.45, 7) is 7.32. The normalized spacial score (nSPS) is 10.8. The molecule has 0 spiro atoms. The van der Waals surface area contributed by atoms with E-state index >= 15 is 0 Å². The molecule has 0 atom stereocenters. The summed E-state index contributed by atoms with van der Waals surface area (Å²) in [6, 6.07) is 6.91. The van der Waals surface area contributed by atoms with Gasteiger partial charge < -0.3 is 21.2 Å². The number of nitrogens with two attached hydrogens (primary N) is 1. The van der Waals surface area contributed by atoms with Crippen LogP contribution in [0, 0.1) is 27.7 Å². The van der Waals surface area contributed by atoms with Crippen molar-refractivity contribution in [1.82, 2.24) is 0 Å². The first kappa shape index (κ1) is 22.7. The minimum absolute atomic E-state index is 0.0565. The number of carbonyl (C=O) groups excluding carboxylic acids is 1. The lowest BCUT2D eigenvalue weighted by Gasteiger charge is -2.11. The van der Waals surface area contributed by atoms with Gasteiger partial charge in [0.25, 0.3) is 0 Å². The highest BCUT2D eigenvalue weighted by atomic mass is 16.4. The van der Waals surface area contributed by atoms with Gasteiger partial charge in [-0.1, -0.05) is 5.16 Å². The lowest BCUT2D eigenvalue weighted by molar-refractivity contribution is -0.136. The minimum Gasteiger partial charge on any atom is -0.507 e. The van der Waals surface area contributed by atoms with E-state index in [-0.39, 0.29) is 18.0 Å². The van der Waals surface area contributed by atoms with Gasteiger partial charge in [-0.2, -0.15) is 0 Å². The first-order valence-corrected chi connectivity index (χ1v) is 8.65. The number of rotatable bonds is 5. The van der Waals surface area contributed by atoms with Gasteiger partial charge in [0.05, 0.1) is 0 Å². The van der Waals surface area contributed by atoms with Gasteiger partial charge in [-0.05, 0) is 86.2 Å². The Bertz CT molecular complexity index is 858. The number of oxime groups is 1. The summed E-state index contributed by atoms with van der Waals surface area (Å²) < 4.78 is 0. The van der Waals surface area contributed by atoms with Gasteiger partial charge >= 0.3 is 5.97 Å². The molecule has 0 radical (unpaired) electrons. The van der Waals surface area contributed by atoms with Crippen molar-refractivity contribution in [2.24, 2.45) is 10.9 Å². The molecular weight excluding hydrogens is 360 g/mol. The number of aryl methyl sites for hydroxylation is 4. The van der Waals surface area contributed by atoms with Gasteiger partial charge in [-0.3, -0.25) is 9.59 Å². The molecule has 0 unspecified atom stereocenters. The maximum Gasteiger partial charge on any atom is 0.303 e. The number of carboxylic acid groups (broad SMARTS) is 1. The van der Waals surface area contributed by atoms with Crippen LogP contribution < -0.4 is 5.73 Å². The molecule has 2 rings (SSSR count). The van der Waals surface area contributed by atoms with Gasteiger partial charge in [-0.25, -0.2) is 0 Å². The summed E-state index contributed by atoms with van der Waals surface area (Å²) in [6.07, 6.45) is 1.37. The van der Waals surface area contributed by atoms with E-state index in [1.165, 1.54) is 0 Å². The third-order valence-electron chi connectivity index (χ3n) is 4.34. The number of carbonyl (C=O) groups is 2. The maximum atomic E-state index is 10.5. The van der Waals surface area contributed by atoms with Crippen molar-refractivity contribution in [3.05, 3.63) is 63.2 Å². The fraction of sp³-hybridized carbons (Fsp3) is 0.286. The molecule has 0 amide bonds. The first-order valence-electron chi connectivity index (χ1n) is 8.65. The van der Waals surface area contributed by atoms with E-state index in [4.69, 9.17) is 16.0 Å². The SMILES string of the molecule is Cc1cc(C(N)=NO)cc(C)c1CCC(=O)O.Cc1cc(C=O)cc(C)c1O. The summed E-state index contributed by atoms with van der Waals surface area (Å²) >= 11 is 0. The summed E-state index contributed by atoms with van der Waals surface area (Å²) in [5.41, 5.74) is 11.2. The van der Waals surface area contributed by atoms with E-state index in [2.05, 4.69) is 5.16 Å². The summed E-state index contributed by atoms with van der Waals surface area (Å²) in [4.78, 5) is 20.9. The fourth-order valence-corrected chi connectivity index (χ4v) is 2.88.